The van der Waals surface area contributed by atoms with Gasteiger partial charge in [0.05, 0.1) is 18.5 Å². The van der Waals surface area contributed by atoms with Gasteiger partial charge in [-0.15, -0.1) is 0 Å². The molecule has 0 spiro atoms. The molecule has 1 aromatic rings. The third-order valence-electron chi connectivity index (χ3n) is 7.07. The Labute approximate surface area is 216 Å². The average molecular weight is 528 g/mol. The second kappa shape index (κ2) is 13.3. The smallest absolute Gasteiger partial charge is 0.268 e. The van der Waals surface area contributed by atoms with E-state index < -0.39 is 7.26 Å². The first-order chi connectivity index (χ1) is 13.9. The molecule has 2 rings (SSSR count). The molecule has 0 heterocycles. The summed E-state index contributed by atoms with van der Waals surface area (Å²) in [6.07, 6.45) is 14.8. The van der Waals surface area contributed by atoms with E-state index in [9.17, 15) is 4.79 Å². The van der Waals surface area contributed by atoms with Crippen LogP contribution in [0.3, 0.4) is 0 Å². The number of anilines is 1. The molecule has 0 unspecified atom stereocenters. The molecule has 0 atom stereocenters. The predicted molar refractivity (Wildman–Crippen MR) is 132 cm³/mol. The van der Waals surface area contributed by atoms with Crippen LogP contribution in [0.1, 0.15) is 89.7 Å². The van der Waals surface area contributed by atoms with E-state index in [1.54, 1.807) is 0 Å². The number of halogens is 1. The summed E-state index contributed by atoms with van der Waals surface area (Å²) in [7, 11) is -1.35. The van der Waals surface area contributed by atoms with Crippen molar-refractivity contribution in [3.8, 4) is 0 Å². The minimum Gasteiger partial charge on any atom is -0.322 e. The Kier molecular flexibility index (Phi) is 12.6. The SMILES string of the molecule is CCCC[P+](CCCC)(CCCC)C1(C(=O)Nc2c(C)cc(Cl)cc2C)CCC1.[Y]. The summed E-state index contributed by atoms with van der Waals surface area (Å²) in [6, 6.07) is 3.93. The molecule has 2 nitrogen and oxygen atoms in total. The number of carbonyl (C=O) groups excluding carboxylic acids is 1. The maximum atomic E-state index is 13.9. The van der Waals surface area contributed by atoms with Crippen molar-refractivity contribution in [2.75, 3.05) is 23.8 Å². The number of hydrogen-bond acceptors (Lipinski definition) is 1. The minimum atomic E-state index is -1.35. The van der Waals surface area contributed by atoms with Crippen LogP contribution in [0, 0.1) is 13.8 Å². The number of hydrogen-bond donors (Lipinski definition) is 1. The number of aryl methyl sites for hydroxylation is 2. The third kappa shape index (κ3) is 6.30. The molecule has 5 heteroatoms. The molecular formula is C25H42ClNOPY+. The van der Waals surface area contributed by atoms with Crippen molar-refractivity contribution < 1.29 is 37.5 Å². The van der Waals surface area contributed by atoms with Crippen LogP contribution in [0.5, 0.6) is 0 Å². The molecular weight excluding hydrogens is 486 g/mol. The molecule has 1 amide bonds. The van der Waals surface area contributed by atoms with Crippen LogP contribution in [0.4, 0.5) is 5.69 Å². The van der Waals surface area contributed by atoms with Gasteiger partial charge in [0, 0.05) is 50.7 Å². The van der Waals surface area contributed by atoms with Crippen molar-refractivity contribution in [3.05, 3.63) is 28.3 Å². The van der Waals surface area contributed by atoms with Crippen LogP contribution in [-0.4, -0.2) is 29.5 Å². The van der Waals surface area contributed by atoms with E-state index in [2.05, 4.69) is 39.9 Å². The molecule has 0 aromatic heterocycles. The van der Waals surface area contributed by atoms with E-state index in [0.717, 1.165) is 34.7 Å². The Hall–Kier alpha value is 0.514. The van der Waals surface area contributed by atoms with Crippen molar-refractivity contribution in [2.45, 2.75) is 97.6 Å². The Morgan fingerprint density at radius 1 is 0.967 bits per heavy atom. The van der Waals surface area contributed by atoms with Gasteiger partial charge in [0.25, 0.3) is 5.91 Å². The van der Waals surface area contributed by atoms with Crippen molar-refractivity contribution in [2.24, 2.45) is 0 Å². The Balaban J connectivity index is 0.00000450. The summed E-state index contributed by atoms with van der Waals surface area (Å²) < 4.78 is 0. The summed E-state index contributed by atoms with van der Waals surface area (Å²) in [4.78, 5) is 13.9. The van der Waals surface area contributed by atoms with Crippen LogP contribution >= 0.6 is 18.9 Å². The molecule has 30 heavy (non-hydrogen) atoms. The number of unbranched alkanes of at least 4 members (excludes halogenated alkanes) is 3. The van der Waals surface area contributed by atoms with Crippen LogP contribution < -0.4 is 5.32 Å². The largest absolute Gasteiger partial charge is 0.322 e. The molecule has 1 N–H and O–H groups in total. The average Bonchev–Trinajstić information content (AvgIpc) is 2.64. The quantitative estimate of drug-likeness (QED) is 0.272. The van der Waals surface area contributed by atoms with Gasteiger partial charge in [-0.05, 0) is 75.6 Å². The van der Waals surface area contributed by atoms with E-state index >= 15 is 0 Å². The molecule has 1 aromatic carbocycles. The van der Waals surface area contributed by atoms with Crippen LogP contribution in [0.25, 0.3) is 0 Å². The molecule has 1 aliphatic carbocycles. The Bertz CT molecular complexity index is 645. The summed E-state index contributed by atoms with van der Waals surface area (Å²) in [5, 5.41) is 4.06. The van der Waals surface area contributed by atoms with Gasteiger partial charge in [0.15, 0.2) is 5.16 Å². The number of rotatable bonds is 12. The van der Waals surface area contributed by atoms with Gasteiger partial charge in [-0.3, -0.25) is 4.79 Å². The molecule has 167 valence electrons. The molecule has 0 saturated heterocycles. The van der Waals surface area contributed by atoms with Crippen LogP contribution in [0.2, 0.25) is 5.02 Å². The van der Waals surface area contributed by atoms with Gasteiger partial charge >= 0.3 is 0 Å². The molecule has 1 fully saturated rings. The van der Waals surface area contributed by atoms with Crippen molar-refractivity contribution in [1.82, 2.24) is 0 Å². The molecule has 0 aliphatic heterocycles. The monoisotopic (exact) mass is 527 g/mol. The Morgan fingerprint density at radius 2 is 1.40 bits per heavy atom. The number of carbonyl (C=O) groups is 1. The first-order valence-corrected chi connectivity index (χ1v) is 14.5. The zero-order valence-corrected chi connectivity index (χ0v) is 24.4. The Morgan fingerprint density at radius 3 is 1.73 bits per heavy atom. The topological polar surface area (TPSA) is 29.1 Å². The van der Waals surface area contributed by atoms with Gasteiger partial charge in [-0.25, -0.2) is 0 Å². The van der Waals surface area contributed by atoms with Gasteiger partial charge in [-0.2, -0.15) is 0 Å². The van der Waals surface area contributed by atoms with E-state index in [1.807, 2.05) is 12.1 Å². The van der Waals surface area contributed by atoms with Gasteiger partial charge in [0.2, 0.25) is 0 Å². The summed E-state index contributed by atoms with van der Waals surface area (Å²) in [5.41, 5.74) is 3.11. The predicted octanol–water partition coefficient (Wildman–Crippen LogP) is 8.23. The zero-order chi connectivity index (χ0) is 21.5. The van der Waals surface area contributed by atoms with Gasteiger partial charge in [0.1, 0.15) is 0 Å². The second-order valence-corrected chi connectivity index (χ2v) is 14.1. The van der Waals surface area contributed by atoms with E-state index in [4.69, 9.17) is 11.6 Å². The summed E-state index contributed by atoms with van der Waals surface area (Å²) in [6.45, 7) is 11.0. The minimum absolute atomic E-state index is 0. The number of amides is 1. The fourth-order valence-electron chi connectivity index (χ4n) is 5.13. The van der Waals surface area contributed by atoms with Gasteiger partial charge < -0.3 is 5.32 Å². The van der Waals surface area contributed by atoms with E-state index in [0.29, 0.717) is 5.91 Å². The van der Waals surface area contributed by atoms with Crippen LogP contribution in [-0.2, 0) is 37.5 Å². The number of benzene rings is 1. The summed E-state index contributed by atoms with van der Waals surface area (Å²) in [5.74, 6) is 0.314. The first-order valence-electron chi connectivity index (χ1n) is 11.8. The van der Waals surface area contributed by atoms with Crippen molar-refractivity contribution in [3.63, 3.8) is 0 Å². The fraction of sp³-hybridized carbons (Fsp3) is 0.720. The van der Waals surface area contributed by atoms with E-state index in [-0.39, 0.29) is 37.9 Å². The molecule has 1 aliphatic rings. The zero-order valence-electron chi connectivity index (χ0n) is 20.0. The van der Waals surface area contributed by atoms with Crippen molar-refractivity contribution >= 4 is 30.5 Å². The second-order valence-electron chi connectivity index (χ2n) is 9.13. The molecule has 1 saturated carbocycles. The van der Waals surface area contributed by atoms with Gasteiger partial charge in [-0.1, -0.05) is 51.6 Å². The van der Waals surface area contributed by atoms with E-state index in [1.165, 1.54) is 63.4 Å². The van der Waals surface area contributed by atoms with Crippen LogP contribution in [0.15, 0.2) is 12.1 Å². The standard InChI is InChI=1S/C25H41ClNOP.Y/c1-6-9-15-29(16-10-7-2,17-11-8-3)25(13-12-14-25)24(28)27-23-20(4)18-22(26)19-21(23)5;/h18-19H,6-17H2,1-5H3;/p+1. The van der Waals surface area contributed by atoms with Crippen molar-refractivity contribution in [1.29, 1.82) is 0 Å². The third-order valence-corrected chi connectivity index (χ3v) is 13.3. The normalized spacial score (nSPS) is 15.3. The molecule has 1 radical (unpaired) electrons. The summed E-state index contributed by atoms with van der Waals surface area (Å²) >= 11 is 6.22. The fourth-order valence-corrected chi connectivity index (χ4v) is 11.9. The number of nitrogens with one attached hydrogen (secondary N) is 1. The maximum Gasteiger partial charge on any atom is 0.268 e. The maximum absolute atomic E-state index is 13.9. The molecule has 0 bridgehead atoms. The first kappa shape index (κ1) is 28.5.